The average Bonchev–Trinajstić information content (AvgIpc) is 3.04. The predicted octanol–water partition coefficient (Wildman–Crippen LogP) is 3.11. The van der Waals surface area contributed by atoms with Crippen molar-refractivity contribution < 1.29 is 4.79 Å². The zero-order valence-corrected chi connectivity index (χ0v) is 17.8. The number of nitrogens with zero attached hydrogens (tertiary/aromatic N) is 4. The molecule has 3 aromatic rings. The molecule has 0 spiro atoms. The van der Waals surface area contributed by atoms with Crippen molar-refractivity contribution in [2.75, 3.05) is 18.8 Å². The number of rotatable bonds is 6. The number of amides is 1. The Labute approximate surface area is 168 Å². The summed E-state index contributed by atoms with van der Waals surface area (Å²) in [5, 5.41) is 17.3. The number of H-pyrrole nitrogens is 1. The molecule has 0 bridgehead atoms. The number of carbonyl (C=O) groups is 1. The molecule has 2 N–H and O–H groups in total. The lowest BCUT2D eigenvalue weighted by molar-refractivity contribution is -0.127. The van der Waals surface area contributed by atoms with Crippen molar-refractivity contribution in [1.29, 1.82) is 5.41 Å². The maximum Gasteiger partial charge on any atom is 0.233 e. The van der Waals surface area contributed by atoms with E-state index < -0.39 is 0 Å². The van der Waals surface area contributed by atoms with E-state index in [4.69, 9.17) is 5.41 Å². The molecule has 2 heterocycles. The van der Waals surface area contributed by atoms with Gasteiger partial charge in [0.2, 0.25) is 5.91 Å². The first kappa shape index (κ1) is 20.1. The molecular formula is C20H26N6OS. The van der Waals surface area contributed by atoms with Gasteiger partial charge in [0.1, 0.15) is 5.49 Å². The van der Waals surface area contributed by atoms with Crippen LogP contribution in [-0.2, 0) is 4.79 Å². The Morgan fingerprint density at radius 2 is 1.96 bits per heavy atom. The van der Waals surface area contributed by atoms with Gasteiger partial charge in [0, 0.05) is 18.8 Å². The first-order valence-corrected chi connectivity index (χ1v) is 10.4. The number of aromatic nitrogens is 4. The second-order valence-corrected chi connectivity index (χ2v) is 7.71. The minimum Gasteiger partial charge on any atom is -0.343 e. The predicted molar refractivity (Wildman–Crippen MR) is 112 cm³/mol. The summed E-state index contributed by atoms with van der Waals surface area (Å²) in [6, 6.07) is 6.14. The zero-order chi connectivity index (χ0) is 20.4. The number of benzene rings is 1. The van der Waals surface area contributed by atoms with E-state index in [1.807, 2.05) is 51.3 Å². The number of aryl methyl sites for hydroxylation is 3. The van der Waals surface area contributed by atoms with E-state index in [-0.39, 0.29) is 11.7 Å². The van der Waals surface area contributed by atoms with Crippen LogP contribution >= 0.6 is 11.8 Å². The summed E-state index contributed by atoms with van der Waals surface area (Å²) in [6.07, 6.45) is 0. The molecule has 0 aliphatic heterocycles. The summed E-state index contributed by atoms with van der Waals surface area (Å²) in [7, 11) is 0. The van der Waals surface area contributed by atoms with E-state index in [0.717, 1.165) is 22.5 Å². The molecule has 0 aliphatic rings. The van der Waals surface area contributed by atoms with Gasteiger partial charge in [-0.25, -0.2) is 4.98 Å². The number of thioether (sulfide) groups is 1. The third-order valence-electron chi connectivity index (χ3n) is 4.83. The van der Waals surface area contributed by atoms with Gasteiger partial charge in [-0.05, 0) is 51.8 Å². The van der Waals surface area contributed by atoms with E-state index in [9.17, 15) is 4.79 Å². The van der Waals surface area contributed by atoms with E-state index in [0.29, 0.717) is 34.8 Å². The lowest BCUT2D eigenvalue weighted by Gasteiger charge is -2.19. The molecule has 0 aliphatic carbocycles. The highest BCUT2D eigenvalue weighted by Gasteiger charge is 2.18. The number of carbonyl (C=O) groups excluding carboxylic acids is 1. The molecule has 8 heteroatoms. The molecule has 2 aromatic heterocycles. The van der Waals surface area contributed by atoms with Crippen molar-refractivity contribution >= 4 is 28.7 Å². The van der Waals surface area contributed by atoms with Crippen molar-refractivity contribution in [3.05, 3.63) is 40.5 Å². The third kappa shape index (κ3) is 3.69. The summed E-state index contributed by atoms with van der Waals surface area (Å²) in [5.41, 5.74) is 4.68. The standard InChI is InChI=1S/C20H26N6OS/c1-6-25(7-2)16(27)11-28-20-22-19-17(14(5)23-24-19)18(21)26(20)15-10-12(3)8-9-13(15)4/h8-10,21H,6-7,11H2,1-5H3,(H,23,24). The highest BCUT2D eigenvalue weighted by atomic mass is 32.2. The zero-order valence-electron chi connectivity index (χ0n) is 17.0. The maximum atomic E-state index is 12.5. The van der Waals surface area contributed by atoms with Crippen LogP contribution in [0.5, 0.6) is 0 Å². The normalized spacial score (nSPS) is 11.2. The molecule has 28 heavy (non-hydrogen) atoms. The fourth-order valence-corrected chi connectivity index (χ4v) is 4.11. The van der Waals surface area contributed by atoms with Gasteiger partial charge in [-0.1, -0.05) is 23.9 Å². The van der Waals surface area contributed by atoms with Gasteiger partial charge in [0.15, 0.2) is 10.8 Å². The van der Waals surface area contributed by atoms with Gasteiger partial charge in [-0.3, -0.25) is 19.9 Å². The maximum absolute atomic E-state index is 12.5. The molecule has 148 valence electrons. The second kappa shape index (κ2) is 8.18. The topological polar surface area (TPSA) is 90.7 Å². The van der Waals surface area contributed by atoms with Crippen LogP contribution in [0.25, 0.3) is 16.7 Å². The largest absolute Gasteiger partial charge is 0.343 e. The fourth-order valence-electron chi connectivity index (χ4n) is 3.20. The van der Waals surface area contributed by atoms with Crippen LogP contribution in [0.3, 0.4) is 0 Å². The highest BCUT2D eigenvalue weighted by molar-refractivity contribution is 7.99. The number of nitrogens with one attached hydrogen (secondary N) is 2. The Bertz CT molecular complexity index is 1080. The summed E-state index contributed by atoms with van der Waals surface area (Å²) >= 11 is 1.35. The lowest BCUT2D eigenvalue weighted by atomic mass is 10.1. The minimum absolute atomic E-state index is 0.0640. The van der Waals surface area contributed by atoms with Crippen LogP contribution in [0.2, 0.25) is 0 Å². The number of hydrogen-bond donors (Lipinski definition) is 2. The quantitative estimate of drug-likeness (QED) is 0.493. The Hall–Kier alpha value is -2.61. The highest BCUT2D eigenvalue weighted by Crippen LogP contribution is 2.24. The van der Waals surface area contributed by atoms with Crippen molar-refractivity contribution in [2.45, 2.75) is 39.8 Å². The molecule has 1 amide bonds. The monoisotopic (exact) mass is 398 g/mol. The third-order valence-corrected chi connectivity index (χ3v) is 5.75. The van der Waals surface area contributed by atoms with Crippen molar-refractivity contribution in [1.82, 2.24) is 24.6 Å². The molecule has 0 unspecified atom stereocenters. The SMILES string of the molecule is CCN(CC)C(=O)CSc1nc2n[nH]c(C)c2c(=N)n1-c1cc(C)ccc1C. The lowest BCUT2D eigenvalue weighted by Crippen LogP contribution is -2.32. The van der Waals surface area contributed by atoms with Gasteiger partial charge in [0.05, 0.1) is 16.8 Å². The summed E-state index contributed by atoms with van der Waals surface area (Å²) < 4.78 is 1.83. The first-order chi connectivity index (χ1) is 13.4. The van der Waals surface area contributed by atoms with Crippen LogP contribution in [0.15, 0.2) is 23.4 Å². The Morgan fingerprint density at radius 3 is 2.64 bits per heavy atom. The van der Waals surface area contributed by atoms with Crippen LogP contribution < -0.4 is 5.49 Å². The van der Waals surface area contributed by atoms with Crippen LogP contribution in [0.1, 0.15) is 30.7 Å². The molecule has 1 aromatic carbocycles. The minimum atomic E-state index is 0.0640. The molecule has 0 saturated heterocycles. The second-order valence-electron chi connectivity index (χ2n) is 6.77. The van der Waals surface area contributed by atoms with Crippen molar-refractivity contribution in [3.63, 3.8) is 0 Å². The number of fused-ring (bicyclic) bond motifs is 1. The molecule has 0 fully saturated rings. The van der Waals surface area contributed by atoms with Crippen molar-refractivity contribution in [3.8, 4) is 5.69 Å². The van der Waals surface area contributed by atoms with E-state index in [2.05, 4.69) is 21.2 Å². The van der Waals surface area contributed by atoms with Gasteiger partial charge >= 0.3 is 0 Å². The Morgan fingerprint density at radius 1 is 1.25 bits per heavy atom. The summed E-state index contributed by atoms with van der Waals surface area (Å²) in [4.78, 5) is 19.0. The van der Waals surface area contributed by atoms with Gasteiger partial charge in [-0.15, -0.1) is 0 Å². The van der Waals surface area contributed by atoms with E-state index in [1.54, 1.807) is 4.90 Å². The Balaban J connectivity index is 2.14. The van der Waals surface area contributed by atoms with Crippen molar-refractivity contribution in [2.24, 2.45) is 0 Å². The van der Waals surface area contributed by atoms with Gasteiger partial charge in [-0.2, -0.15) is 5.10 Å². The molecular weight excluding hydrogens is 372 g/mol. The number of hydrogen-bond acceptors (Lipinski definition) is 5. The fraction of sp³-hybridized carbons (Fsp3) is 0.400. The average molecular weight is 399 g/mol. The van der Waals surface area contributed by atoms with Crippen LogP contribution in [0.4, 0.5) is 0 Å². The van der Waals surface area contributed by atoms with Crippen LogP contribution in [0, 0.1) is 26.2 Å². The summed E-state index contributed by atoms with van der Waals surface area (Å²) in [6.45, 7) is 11.2. The van der Waals surface area contributed by atoms with E-state index >= 15 is 0 Å². The first-order valence-electron chi connectivity index (χ1n) is 9.37. The Kier molecular flexibility index (Phi) is 5.88. The molecule has 3 rings (SSSR count). The van der Waals surface area contributed by atoms with Crippen LogP contribution in [-0.4, -0.2) is 49.4 Å². The molecule has 7 nitrogen and oxygen atoms in total. The van der Waals surface area contributed by atoms with E-state index in [1.165, 1.54) is 11.8 Å². The summed E-state index contributed by atoms with van der Waals surface area (Å²) in [5.74, 6) is 0.336. The number of aromatic amines is 1. The smallest absolute Gasteiger partial charge is 0.233 e. The molecule has 0 saturated carbocycles. The van der Waals surface area contributed by atoms with Gasteiger partial charge in [0.25, 0.3) is 0 Å². The molecule has 0 radical (unpaired) electrons. The van der Waals surface area contributed by atoms with Gasteiger partial charge < -0.3 is 4.90 Å². The molecule has 0 atom stereocenters.